The summed E-state index contributed by atoms with van der Waals surface area (Å²) in [7, 11) is 0. The second-order valence-corrected chi connectivity index (χ2v) is 6.81. The van der Waals surface area contributed by atoms with Crippen LogP contribution in [0, 0.1) is 5.92 Å². The van der Waals surface area contributed by atoms with Crippen LogP contribution >= 0.6 is 0 Å². The quantitative estimate of drug-likeness (QED) is 0.769. The molecule has 2 aliphatic rings. The van der Waals surface area contributed by atoms with E-state index in [0.717, 1.165) is 51.1 Å². The number of hydrogen-bond acceptors (Lipinski definition) is 4. The third-order valence-corrected chi connectivity index (χ3v) is 4.86. The van der Waals surface area contributed by atoms with Crippen molar-refractivity contribution in [2.24, 2.45) is 5.92 Å². The minimum absolute atomic E-state index is 0.0157. The van der Waals surface area contributed by atoms with Gasteiger partial charge in [-0.15, -0.1) is 0 Å². The number of piperidine rings is 1. The lowest BCUT2D eigenvalue weighted by molar-refractivity contribution is -0.123. The van der Waals surface area contributed by atoms with Crippen molar-refractivity contribution >= 4 is 5.91 Å². The highest BCUT2D eigenvalue weighted by Gasteiger charge is 2.24. The molecule has 0 aromatic heterocycles. The van der Waals surface area contributed by atoms with E-state index in [4.69, 9.17) is 0 Å². The highest BCUT2D eigenvalue weighted by molar-refractivity contribution is 5.81. The Labute approximate surface area is 138 Å². The molecule has 0 spiro atoms. The number of nitrogens with one attached hydrogen (secondary N) is 2. The number of nitrogens with zero attached hydrogens (tertiary/aromatic N) is 1. The fourth-order valence-corrected chi connectivity index (χ4v) is 3.65. The van der Waals surface area contributed by atoms with Gasteiger partial charge < -0.3 is 15.7 Å². The van der Waals surface area contributed by atoms with Crippen molar-refractivity contribution in [2.45, 2.75) is 38.3 Å². The van der Waals surface area contributed by atoms with Crippen LogP contribution in [0.15, 0.2) is 24.3 Å². The van der Waals surface area contributed by atoms with Gasteiger partial charge in [0.25, 0.3) is 0 Å². The van der Waals surface area contributed by atoms with Gasteiger partial charge >= 0.3 is 0 Å². The van der Waals surface area contributed by atoms with Gasteiger partial charge in [0.2, 0.25) is 5.91 Å². The summed E-state index contributed by atoms with van der Waals surface area (Å²) in [6.45, 7) is 4.69. The molecular formula is C18H27N3O2. The molecule has 5 heteroatoms. The molecule has 126 valence electrons. The molecule has 5 nitrogen and oxygen atoms in total. The predicted octanol–water partition coefficient (Wildman–Crippen LogP) is 1.47. The average Bonchev–Trinajstić information content (AvgIpc) is 3.07. The molecule has 2 saturated heterocycles. The first-order valence-electron chi connectivity index (χ1n) is 8.72. The Balaban J connectivity index is 1.45. The van der Waals surface area contributed by atoms with E-state index in [-0.39, 0.29) is 11.9 Å². The smallest absolute Gasteiger partial charge is 0.237 e. The van der Waals surface area contributed by atoms with E-state index in [1.807, 2.05) is 12.1 Å². The zero-order chi connectivity index (χ0) is 16.1. The number of carbonyl (C=O) groups is 1. The molecule has 23 heavy (non-hydrogen) atoms. The summed E-state index contributed by atoms with van der Waals surface area (Å²) in [6.07, 6.45) is 4.40. The van der Waals surface area contributed by atoms with Crippen molar-refractivity contribution in [2.75, 3.05) is 26.2 Å². The maximum Gasteiger partial charge on any atom is 0.237 e. The number of phenolic OH excluding ortho intramolecular Hbond substituents is 1. The van der Waals surface area contributed by atoms with Crippen molar-refractivity contribution in [3.63, 3.8) is 0 Å². The molecule has 1 amide bonds. The molecule has 1 aromatic rings. The van der Waals surface area contributed by atoms with Crippen LogP contribution in [-0.2, 0) is 11.3 Å². The lowest BCUT2D eigenvalue weighted by Gasteiger charge is -2.33. The number of benzene rings is 1. The molecule has 0 radical (unpaired) electrons. The van der Waals surface area contributed by atoms with Crippen molar-refractivity contribution in [1.82, 2.24) is 15.5 Å². The molecule has 2 aliphatic heterocycles. The van der Waals surface area contributed by atoms with Gasteiger partial charge in [-0.05, 0) is 62.4 Å². The summed E-state index contributed by atoms with van der Waals surface area (Å²) in [5.74, 6) is 1.01. The molecule has 0 bridgehead atoms. The highest BCUT2D eigenvalue weighted by Crippen LogP contribution is 2.20. The molecule has 0 aliphatic carbocycles. The summed E-state index contributed by atoms with van der Waals surface area (Å²) in [5.41, 5.74) is 1.14. The van der Waals surface area contributed by atoms with Gasteiger partial charge in [0.1, 0.15) is 5.75 Å². The Kier molecular flexibility index (Phi) is 5.51. The predicted molar refractivity (Wildman–Crippen MR) is 90.1 cm³/mol. The van der Waals surface area contributed by atoms with Crippen molar-refractivity contribution in [3.05, 3.63) is 29.8 Å². The number of phenols is 1. The third-order valence-electron chi connectivity index (χ3n) is 4.86. The standard InChI is InChI=1S/C18H27N3O2/c22-16-6-1-4-14(10-16)12-21-9-3-5-15(13-21)11-20-18(23)17-7-2-8-19-17/h1,4,6,10,15,17,19,22H,2-3,5,7-9,11-13H2,(H,20,23). The summed E-state index contributed by atoms with van der Waals surface area (Å²) in [6, 6.07) is 7.49. The molecule has 0 saturated carbocycles. The fraction of sp³-hybridized carbons (Fsp3) is 0.611. The Hall–Kier alpha value is -1.59. The normalized spacial score (nSPS) is 25.4. The van der Waals surface area contributed by atoms with Crippen LogP contribution in [0.2, 0.25) is 0 Å². The first-order chi connectivity index (χ1) is 11.2. The maximum absolute atomic E-state index is 12.1. The zero-order valence-electron chi connectivity index (χ0n) is 13.6. The molecule has 2 fully saturated rings. The maximum atomic E-state index is 12.1. The number of amides is 1. The van der Waals surface area contributed by atoms with Crippen molar-refractivity contribution in [3.8, 4) is 5.75 Å². The third kappa shape index (κ3) is 4.69. The molecule has 2 unspecified atom stereocenters. The number of aromatic hydroxyl groups is 1. The largest absolute Gasteiger partial charge is 0.508 e. The van der Waals surface area contributed by atoms with Crippen LogP contribution in [0.1, 0.15) is 31.2 Å². The van der Waals surface area contributed by atoms with Gasteiger partial charge in [0.05, 0.1) is 6.04 Å². The van der Waals surface area contributed by atoms with Crippen LogP contribution in [0.3, 0.4) is 0 Å². The van der Waals surface area contributed by atoms with E-state index in [2.05, 4.69) is 21.6 Å². The number of rotatable bonds is 5. The minimum atomic E-state index is 0.0157. The molecule has 3 N–H and O–H groups in total. The summed E-state index contributed by atoms with van der Waals surface area (Å²) in [5, 5.41) is 15.9. The highest BCUT2D eigenvalue weighted by atomic mass is 16.3. The van der Waals surface area contributed by atoms with Crippen LogP contribution in [-0.4, -0.2) is 48.1 Å². The van der Waals surface area contributed by atoms with Crippen LogP contribution < -0.4 is 10.6 Å². The van der Waals surface area contributed by atoms with Gasteiger partial charge in [-0.3, -0.25) is 9.69 Å². The zero-order valence-corrected chi connectivity index (χ0v) is 13.6. The number of likely N-dealkylation sites (tertiary alicyclic amines) is 1. The van der Waals surface area contributed by atoms with Crippen LogP contribution in [0.4, 0.5) is 0 Å². The van der Waals surface area contributed by atoms with Crippen LogP contribution in [0.5, 0.6) is 5.75 Å². The Morgan fingerprint density at radius 2 is 2.26 bits per heavy atom. The molecule has 1 aromatic carbocycles. The molecule has 2 heterocycles. The first kappa shape index (κ1) is 16.3. The molecule has 3 rings (SSSR count). The Morgan fingerprint density at radius 1 is 1.35 bits per heavy atom. The van der Waals surface area contributed by atoms with Gasteiger partial charge in [-0.1, -0.05) is 12.1 Å². The Bertz CT molecular complexity index is 529. The topological polar surface area (TPSA) is 64.6 Å². The second kappa shape index (κ2) is 7.79. The van der Waals surface area contributed by atoms with E-state index in [1.54, 1.807) is 6.07 Å². The summed E-state index contributed by atoms with van der Waals surface area (Å²) >= 11 is 0. The Morgan fingerprint density at radius 3 is 3.04 bits per heavy atom. The van der Waals surface area contributed by atoms with Crippen LogP contribution in [0.25, 0.3) is 0 Å². The van der Waals surface area contributed by atoms with Crippen molar-refractivity contribution in [1.29, 1.82) is 0 Å². The molecule has 2 atom stereocenters. The van der Waals surface area contributed by atoms with Crippen molar-refractivity contribution < 1.29 is 9.90 Å². The van der Waals surface area contributed by atoms with Gasteiger partial charge in [-0.25, -0.2) is 0 Å². The lowest BCUT2D eigenvalue weighted by atomic mass is 9.97. The van der Waals surface area contributed by atoms with E-state index >= 15 is 0 Å². The van der Waals surface area contributed by atoms with Gasteiger partial charge in [-0.2, -0.15) is 0 Å². The van der Waals surface area contributed by atoms with E-state index in [0.29, 0.717) is 11.7 Å². The van der Waals surface area contributed by atoms with Gasteiger partial charge in [0.15, 0.2) is 0 Å². The van der Waals surface area contributed by atoms with E-state index in [1.165, 1.54) is 12.8 Å². The first-order valence-corrected chi connectivity index (χ1v) is 8.72. The number of carbonyl (C=O) groups excluding carboxylic acids is 1. The van der Waals surface area contributed by atoms with E-state index in [9.17, 15) is 9.90 Å². The molecular weight excluding hydrogens is 290 g/mol. The average molecular weight is 317 g/mol. The van der Waals surface area contributed by atoms with Gasteiger partial charge in [0, 0.05) is 19.6 Å². The lowest BCUT2D eigenvalue weighted by Crippen LogP contribution is -2.45. The summed E-state index contributed by atoms with van der Waals surface area (Å²) in [4.78, 5) is 14.5. The second-order valence-electron chi connectivity index (χ2n) is 6.81. The monoisotopic (exact) mass is 317 g/mol. The van der Waals surface area contributed by atoms with E-state index < -0.39 is 0 Å². The SMILES string of the molecule is O=C(NCC1CCCN(Cc2cccc(O)c2)C1)C1CCCN1. The summed E-state index contributed by atoms with van der Waals surface area (Å²) < 4.78 is 0. The minimum Gasteiger partial charge on any atom is -0.508 e. The fourth-order valence-electron chi connectivity index (χ4n) is 3.65. The number of hydrogen-bond donors (Lipinski definition) is 3.